The van der Waals surface area contributed by atoms with Crippen LogP contribution in [0.4, 0.5) is 0 Å². The van der Waals surface area contributed by atoms with Crippen LogP contribution in [-0.4, -0.2) is 53.1 Å². The Morgan fingerprint density at radius 2 is 1.93 bits per heavy atom. The van der Waals surface area contributed by atoms with Crippen molar-refractivity contribution >= 4 is 34.3 Å². The van der Waals surface area contributed by atoms with Gasteiger partial charge in [-0.3, -0.25) is 14.3 Å². The lowest BCUT2D eigenvalue weighted by Crippen LogP contribution is -2.37. The number of aromatic nitrogens is 2. The van der Waals surface area contributed by atoms with Gasteiger partial charge >= 0.3 is 0 Å². The van der Waals surface area contributed by atoms with Gasteiger partial charge in [-0.1, -0.05) is 41.6 Å². The van der Waals surface area contributed by atoms with E-state index in [1.165, 1.54) is 0 Å². The normalized spacial score (nSPS) is 15.3. The van der Waals surface area contributed by atoms with E-state index >= 15 is 0 Å². The summed E-state index contributed by atoms with van der Waals surface area (Å²) in [5, 5.41) is 1.89. The molecule has 0 atom stereocenters. The number of rotatable bonds is 5. The number of para-hydroxylation sites is 1. The van der Waals surface area contributed by atoms with Gasteiger partial charge in [0.05, 0.1) is 29.8 Å². The summed E-state index contributed by atoms with van der Waals surface area (Å²) in [4.78, 5) is 20.3. The average molecular weight is 402 g/mol. The van der Waals surface area contributed by atoms with Gasteiger partial charge in [-0.25, -0.2) is 4.98 Å². The van der Waals surface area contributed by atoms with E-state index in [-0.39, 0.29) is 5.56 Å². The van der Waals surface area contributed by atoms with Gasteiger partial charge in [-0.2, -0.15) is 0 Å². The van der Waals surface area contributed by atoms with Crippen molar-refractivity contribution in [3.63, 3.8) is 0 Å². The molecule has 0 saturated carbocycles. The summed E-state index contributed by atoms with van der Waals surface area (Å²) in [5.41, 5.74) is 1.38. The molecule has 2 aromatic carbocycles. The van der Waals surface area contributed by atoms with Gasteiger partial charge < -0.3 is 4.74 Å². The molecule has 0 spiro atoms. The molecule has 1 aromatic heterocycles. The number of thioether (sulfide) groups is 1. The molecule has 0 N–H and O–H groups in total. The van der Waals surface area contributed by atoms with E-state index in [4.69, 9.17) is 21.3 Å². The summed E-state index contributed by atoms with van der Waals surface area (Å²) < 4.78 is 7.06. The molecule has 0 radical (unpaired) electrons. The lowest BCUT2D eigenvalue weighted by Gasteiger charge is -2.26. The van der Waals surface area contributed by atoms with Crippen LogP contribution in [0.1, 0.15) is 0 Å². The highest BCUT2D eigenvalue weighted by Gasteiger charge is 2.15. The highest BCUT2D eigenvalue weighted by molar-refractivity contribution is 7.99. The molecular formula is C20H20ClN3O2S. The van der Waals surface area contributed by atoms with Crippen molar-refractivity contribution in [2.45, 2.75) is 5.16 Å². The molecule has 7 heteroatoms. The van der Waals surface area contributed by atoms with Gasteiger partial charge in [0.1, 0.15) is 0 Å². The lowest BCUT2D eigenvalue weighted by atomic mass is 10.2. The third-order valence-corrected chi connectivity index (χ3v) is 5.71. The highest BCUT2D eigenvalue weighted by Crippen LogP contribution is 2.23. The molecule has 140 valence electrons. The Kier molecular flexibility index (Phi) is 5.78. The van der Waals surface area contributed by atoms with Crippen LogP contribution in [0.25, 0.3) is 16.6 Å². The maximum atomic E-state index is 13.2. The number of hydrogen-bond acceptors (Lipinski definition) is 5. The summed E-state index contributed by atoms with van der Waals surface area (Å²) >= 11 is 7.76. The maximum absolute atomic E-state index is 13.2. The number of morpholine rings is 1. The van der Waals surface area contributed by atoms with Gasteiger partial charge in [0.15, 0.2) is 5.16 Å². The van der Waals surface area contributed by atoms with Crippen molar-refractivity contribution < 1.29 is 4.74 Å². The number of benzene rings is 2. The van der Waals surface area contributed by atoms with Crippen molar-refractivity contribution in [2.24, 2.45) is 0 Å². The maximum Gasteiger partial charge on any atom is 0.266 e. The Labute approximate surface area is 166 Å². The Morgan fingerprint density at radius 1 is 1.11 bits per heavy atom. The molecule has 0 amide bonds. The third-order valence-electron chi connectivity index (χ3n) is 4.55. The first-order valence-electron chi connectivity index (χ1n) is 8.93. The Balaban J connectivity index is 1.69. The molecule has 4 rings (SSSR count). The van der Waals surface area contributed by atoms with Gasteiger partial charge in [-0.05, 0) is 30.3 Å². The standard InChI is InChI=1S/C20H20ClN3O2S/c21-15-4-3-5-16(14-15)24-19(25)17-6-1-2-7-18(17)22-20(24)27-13-10-23-8-11-26-12-9-23/h1-7,14H,8-13H2. The molecule has 1 aliphatic heterocycles. The number of nitrogens with zero attached hydrogens (tertiary/aromatic N) is 3. The van der Waals surface area contributed by atoms with E-state index in [1.807, 2.05) is 36.4 Å². The lowest BCUT2D eigenvalue weighted by molar-refractivity contribution is 0.0410. The summed E-state index contributed by atoms with van der Waals surface area (Å²) in [5.74, 6) is 0.853. The Morgan fingerprint density at radius 3 is 2.74 bits per heavy atom. The Hall–Kier alpha value is -1.86. The summed E-state index contributed by atoms with van der Waals surface area (Å²) in [6.07, 6.45) is 0. The molecule has 3 aromatic rings. The first kappa shape index (κ1) is 18.5. The number of halogens is 1. The minimum atomic E-state index is -0.0725. The molecule has 0 aliphatic carbocycles. The third kappa shape index (κ3) is 4.19. The van der Waals surface area contributed by atoms with Gasteiger partial charge in [0.2, 0.25) is 0 Å². The second-order valence-electron chi connectivity index (χ2n) is 6.33. The van der Waals surface area contributed by atoms with Gasteiger partial charge in [-0.15, -0.1) is 0 Å². The molecule has 0 unspecified atom stereocenters. The molecule has 5 nitrogen and oxygen atoms in total. The molecule has 1 saturated heterocycles. The molecule has 27 heavy (non-hydrogen) atoms. The summed E-state index contributed by atoms with van der Waals surface area (Å²) in [6, 6.07) is 14.8. The van der Waals surface area contributed by atoms with Crippen LogP contribution in [0.3, 0.4) is 0 Å². The van der Waals surface area contributed by atoms with Crippen LogP contribution < -0.4 is 5.56 Å². The van der Waals surface area contributed by atoms with Crippen molar-refractivity contribution in [1.29, 1.82) is 0 Å². The SMILES string of the molecule is O=c1c2ccccc2nc(SCCN2CCOCC2)n1-c1cccc(Cl)c1. The summed E-state index contributed by atoms with van der Waals surface area (Å²) in [7, 11) is 0. The fourth-order valence-electron chi connectivity index (χ4n) is 3.14. The average Bonchev–Trinajstić information content (AvgIpc) is 2.69. The zero-order valence-electron chi connectivity index (χ0n) is 14.8. The molecule has 2 heterocycles. The quantitative estimate of drug-likeness (QED) is 0.484. The topological polar surface area (TPSA) is 47.4 Å². The zero-order valence-corrected chi connectivity index (χ0v) is 16.4. The van der Waals surface area contributed by atoms with Crippen molar-refractivity contribution in [1.82, 2.24) is 14.5 Å². The van der Waals surface area contributed by atoms with Crippen LogP contribution >= 0.6 is 23.4 Å². The van der Waals surface area contributed by atoms with Gasteiger partial charge in [0.25, 0.3) is 5.56 Å². The van der Waals surface area contributed by atoms with Crippen LogP contribution in [-0.2, 0) is 4.74 Å². The van der Waals surface area contributed by atoms with Crippen LogP contribution in [0.5, 0.6) is 0 Å². The van der Waals surface area contributed by atoms with Gasteiger partial charge in [0, 0.05) is 30.4 Å². The molecule has 0 bridgehead atoms. The number of hydrogen-bond donors (Lipinski definition) is 0. The highest BCUT2D eigenvalue weighted by atomic mass is 35.5. The smallest absolute Gasteiger partial charge is 0.266 e. The summed E-state index contributed by atoms with van der Waals surface area (Å²) in [6.45, 7) is 4.41. The Bertz CT molecular complexity index is 1000. The second-order valence-corrected chi connectivity index (χ2v) is 7.83. The fraction of sp³-hybridized carbons (Fsp3) is 0.300. The van der Waals surface area contributed by atoms with E-state index in [0.717, 1.165) is 49.8 Å². The molecule has 1 aliphatic rings. The second kappa shape index (κ2) is 8.44. The van der Waals surface area contributed by atoms with Crippen LogP contribution in [0.15, 0.2) is 58.5 Å². The van der Waals surface area contributed by atoms with E-state index in [9.17, 15) is 4.79 Å². The largest absolute Gasteiger partial charge is 0.379 e. The van der Waals surface area contributed by atoms with Crippen molar-refractivity contribution in [3.05, 3.63) is 63.9 Å². The number of ether oxygens (including phenoxy) is 1. The van der Waals surface area contributed by atoms with E-state index < -0.39 is 0 Å². The monoisotopic (exact) mass is 401 g/mol. The minimum absolute atomic E-state index is 0.0725. The molecule has 1 fully saturated rings. The first-order chi connectivity index (χ1) is 13.2. The van der Waals surface area contributed by atoms with E-state index in [0.29, 0.717) is 15.6 Å². The zero-order chi connectivity index (χ0) is 18.6. The predicted octanol–water partition coefficient (Wildman–Crippen LogP) is 3.46. The first-order valence-corrected chi connectivity index (χ1v) is 10.3. The fourth-order valence-corrected chi connectivity index (χ4v) is 4.34. The van der Waals surface area contributed by atoms with Crippen molar-refractivity contribution in [2.75, 3.05) is 38.6 Å². The van der Waals surface area contributed by atoms with Crippen LogP contribution in [0.2, 0.25) is 5.02 Å². The van der Waals surface area contributed by atoms with Crippen LogP contribution in [0, 0.1) is 0 Å². The predicted molar refractivity (Wildman–Crippen MR) is 110 cm³/mol. The minimum Gasteiger partial charge on any atom is -0.379 e. The number of fused-ring (bicyclic) bond motifs is 1. The van der Waals surface area contributed by atoms with Crippen molar-refractivity contribution in [3.8, 4) is 5.69 Å². The van der Waals surface area contributed by atoms with E-state index in [1.54, 1.807) is 28.5 Å². The molecular weight excluding hydrogens is 382 g/mol. The van der Waals surface area contributed by atoms with E-state index in [2.05, 4.69) is 4.90 Å².